The fraction of sp³-hybridized carbons (Fsp3) is 0.472. The summed E-state index contributed by atoms with van der Waals surface area (Å²) in [5.41, 5.74) is 6.96. The quantitative estimate of drug-likeness (QED) is 0.176. The molecule has 3 aromatic heterocycles. The third-order valence-corrected chi connectivity index (χ3v) is 10.6. The van der Waals surface area contributed by atoms with Gasteiger partial charge in [0.25, 0.3) is 0 Å². The van der Waals surface area contributed by atoms with Gasteiger partial charge in [-0.25, -0.2) is 24.4 Å². The summed E-state index contributed by atoms with van der Waals surface area (Å²) in [7, 11) is 1.94. The largest absolute Gasteiger partial charge is 0.464 e. The van der Waals surface area contributed by atoms with E-state index in [0.29, 0.717) is 22.7 Å². The smallest absolute Gasteiger partial charge is 0.339 e. The molecule has 0 unspecified atom stereocenters. The number of halogens is 1. The summed E-state index contributed by atoms with van der Waals surface area (Å²) >= 11 is 7.86. The fourth-order valence-electron chi connectivity index (χ4n) is 6.85. The Morgan fingerprint density at radius 1 is 1.15 bits per heavy atom. The lowest BCUT2D eigenvalue weighted by molar-refractivity contribution is -0.166. The second-order valence-corrected chi connectivity index (χ2v) is 15.2. The molecule has 7 rings (SSSR count). The lowest BCUT2D eigenvalue weighted by Crippen LogP contribution is -2.58. The van der Waals surface area contributed by atoms with Crippen molar-refractivity contribution < 1.29 is 14.3 Å². The zero-order chi connectivity index (χ0) is 33.7. The number of likely N-dealkylation sites (tertiary alicyclic amines) is 1. The first-order valence-corrected chi connectivity index (χ1v) is 17.9. The molecule has 2 aromatic carbocycles. The van der Waals surface area contributed by atoms with Gasteiger partial charge in [-0.3, -0.25) is 4.90 Å². The van der Waals surface area contributed by atoms with Crippen LogP contribution in [-0.2, 0) is 21.3 Å². The first kappa shape index (κ1) is 33.0. The Balaban J connectivity index is 1.33. The Labute approximate surface area is 289 Å². The van der Waals surface area contributed by atoms with Crippen LogP contribution < -0.4 is 5.32 Å². The predicted molar refractivity (Wildman–Crippen MR) is 191 cm³/mol. The zero-order valence-electron chi connectivity index (χ0n) is 28.3. The molecule has 0 radical (unpaired) electrons. The lowest BCUT2D eigenvalue weighted by atomic mass is 9.91. The number of thiazole rings is 1. The Kier molecular flexibility index (Phi) is 9.01. The topological polar surface area (TPSA) is 107 Å². The van der Waals surface area contributed by atoms with Crippen LogP contribution in [0.2, 0.25) is 5.02 Å². The molecule has 48 heavy (non-hydrogen) atoms. The van der Waals surface area contributed by atoms with Gasteiger partial charge in [-0.2, -0.15) is 5.10 Å². The first-order valence-electron chi connectivity index (χ1n) is 16.7. The number of aryl methyl sites for hydroxylation is 2. The van der Waals surface area contributed by atoms with Crippen LogP contribution in [0.5, 0.6) is 0 Å². The molecular formula is C36H42ClN7O3S. The van der Waals surface area contributed by atoms with Crippen molar-refractivity contribution in [2.45, 2.75) is 71.1 Å². The van der Waals surface area contributed by atoms with Crippen LogP contribution >= 0.6 is 22.9 Å². The number of hydrogen-bond donors (Lipinski definition) is 1. The molecule has 0 bridgehead atoms. The Morgan fingerprint density at radius 3 is 2.52 bits per heavy atom. The van der Waals surface area contributed by atoms with Gasteiger partial charge in [-0.1, -0.05) is 23.7 Å². The second kappa shape index (κ2) is 13.1. The molecule has 5 heterocycles. The van der Waals surface area contributed by atoms with Crippen molar-refractivity contribution in [1.29, 1.82) is 0 Å². The van der Waals surface area contributed by atoms with Gasteiger partial charge in [0.1, 0.15) is 16.2 Å². The van der Waals surface area contributed by atoms with E-state index in [0.717, 1.165) is 93.4 Å². The number of benzene rings is 2. The van der Waals surface area contributed by atoms with Gasteiger partial charge in [0.15, 0.2) is 11.8 Å². The molecule has 5 aromatic rings. The summed E-state index contributed by atoms with van der Waals surface area (Å²) < 4.78 is 14.8. The Bertz CT molecular complexity index is 1970. The number of piperidine rings is 1. The van der Waals surface area contributed by atoms with Gasteiger partial charge in [-0.05, 0) is 89.9 Å². The molecule has 1 atom stereocenters. The summed E-state index contributed by atoms with van der Waals surface area (Å²) in [5.74, 6) is -0.0901. The second-order valence-electron chi connectivity index (χ2n) is 13.8. The Hall–Kier alpha value is -3.48. The zero-order valence-corrected chi connectivity index (χ0v) is 29.9. The number of rotatable bonds is 8. The van der Waals surface area contributed by atoms with E-state index in [1.54, 1.807) is 13.1 Å². The third-order valence-electron chi connectivity index (χ3n) is 9.27. The van der Waals surface area contributed by atoms with Crippen molar-refractivity contribution in [3.8, 4) is 21.8 Å². The molecule has 1 N–H and O–H groups in total. The predicted octanol–water partition coefficient (Wildman–Crippen LogP) is 6.84. The molecule has 2 aliphatic rings. The fourth-order valence-corrected chi connectivity index (χ4v) is 8.06. The molecule has 2 fully saturated rings. The van der Waals surface area contributed by atoms with E-state index >= 15 is 0 Å². The first-order chi connectivity index (χ1) is 23.0. The minimum Gasteiger partial charge on any atom is -0.464 e. The molecule has 0 saturated carbocycles. The Morgan fingerprint density at radius 2 is 1.88 bits per heavy atom. The van der Waals surface area contributed by atoms with Crippen molar-refractivity contribution in [1.82, 2.24) is 34.9 Å². The average molecular weight is 688 g/mol. The molecule has 2 aliphatic heterocycles. The molecule has 0 spiro atoms. The summed E-state index contributed by atoms with van der Waals surface area (Å²) in [5, 5.41) is 9.70. The maximum Gasteiger partial charge on any atom is 0.339 e. The van der Waals surface area contributed by atoms with Crippen LogP contribution in [0, 0.1) is 6.92 Å². The molecule has 252 valence electrons. The lowest BCUT2D eigenvalue weighted by Gasteiger charge is -2.41. The number of hydrogen-bond acceptors (Lipinski definition) is 10. The number of carbonyl (C=O) groups is 1. The highest BCUT2D eigenvalue weighted by molar-refractivity contribution is 7.22. The van der Waals surface area contributed by atoms with Gasteiger partial charge in [0.2, 0.25) is 0 Å². The van der Waals surface area contributed by atoms with E-state index in [9.17, 15) is 4.79 Å². The van der Waals surface area contributed by atoms with Crippen LogP contribution in [0.4, 0.5) is 0 Å². The van der Waals surface area contributed by atoms with Gasteiger partial charge in [-0.15, -0.1) is 11.3 Å². The van der Waals surface area contributed by atoms with Gasteiger partial charge < -0.3 is 14.8 Å². The van der Waals surface area contributed by atoms with E-state index in [4.69, 9.17) is 41.1 Å². The van der Waals surface area contributed by atoms with Crippen LogP contribution in [0.1, 0.15) is 69.4 Å². The van der Waals surface area contributed by atoms with Crippen LogP contribution in [0.15, 0.2) is 36.5 Å². The number of nitrogens with one attached hydrogen (secondary N) is 1. The van der Waals surface area contributed by atoms with Crippen LogP contribution in [-0.4, -0.2) is 80.0 Å². The summed E-state index contributed by atoms with van der Waals surface area (Å²) in [4.78, 5) is 31.2. The van der Waals surface area contributed by atoms with Crippen molar-refractivity contribution in [2.24, 2.45) is 7.05 Å². The number of esters is 1. The van der Waals surface area contributed by atoms with Crippen LogP contribution in [0.25, 0.3) is 43.2 Å². The molecule has 12 heteroatoms. The minimum absolute atomic E-state index is 0.250. The van der Waals surface area contributed by atoms with E-state index in [2.05, 4.69) is 10.2 Å². The van der Waals surface area contributed by atoms with Gasteiger partial charge >= 0.3 is 5.97 Å². The number of carbonyl (C=O) groups excluding carboxylic acids is 1. The molecule has 2 saturated heterocycles. The van der Waals surface area contributed by atoms with Crippen molar-refractivity contribution >= 4 is 50.3 Å². The highest BCUT2D eigenvalue weighted by atomic mass is 35.5. The maximum atomic E-state index is 13.5. The normalized spacial score (nSPS) is 17.2. The number of aromatic nitrogens is 5. The molecule has 0 aliphatic carbocycles. The monoisotopic (exact) mass is 687 g/mol. The molecular weight excluding hydrogens is 646 g/mol. The summed E-state index contributed by atoms with van der Waals surface area (Å²) in [6, 6.07) is 10.3. The van der Waals surface area contributed by atoms with Gasteiger partial charge in [0, 0.05) is 48.2 Å². The third kappa shape index (κ3) is 6.34. The summed E-state index contributed by atoms with van der Waals surface area (Å²) in [6.07, 6.45) is 2.96. The number of nitrogens with zero attached hydrogens (tertiary/aromatic N) is 6. The van der Waals surface area contributed by atoms with E-state index in [-0.39, 0.29) is 6.61 Å². The van der Waals surface area contributed by atoms with Gasteiger partial charge in [0.05, 0.1) is 34.3 Å². The number of fused-ring (bicyclic) bond motifs is 2. The van der Waals surface area contributed by atoms with E-state index < -0.39 is 17.7 Å². The van der Waals surface area contributed by atoms with Crippen molar-refractivity contribution in [3.05, 3.63) is 58.4 Å². The SMILES string of the molecule is CCOC(=O)[C@@H](OC(C)(C)C)c1c(C)cc2nc(-c3cnc4c(n3)c(C3CCN(C5CNC5)CC3)nn4C)sc2c1-c1ccc(Cl)cc1. The maximum absolute atomic E-state index is 13.5. The van der Waals surface area contributed by atoms with Crippen molar-refractivity contribution in [3.63, 3.8) is 0 Å². The van der Waals surface area contributed by atoms with Crippen LogP contribution in [0.3, 0.4) is 0 Å². The summed E-state index contributed by atoms with van der Waals surface area (Å²) in [6.45, 7) is 14.2. The van der Waals surface area contributed by atoms with Crippen molar-refractivity contribution in [2.75, 3.05) is 32.8 Å². The highest BCUT2D eigenvalue weighted by Gasteiger charge is 2.34. The molecule has 0 amide bonds. The highest BCUT2D eigenvalue weighted by Crippen LogP contribution is 2.45. The average Bonchev–Trinajstić information content (AvgIpc) is 3.59. The molecule has 10 nitrogen and oxygen atoms in total. The van der Waals surface area contributed by atoms with E-state index in [1.165, 1.54) is 11.3 Å². The number of ether oxygens (including phenoxy) is 2. The minimum atomic E-state index is -0.938. The van der Waals surface area contributed by atoms with E-state index in [1.807, 2.05) is 69.8 Å². The standard InChI is InChI=1S/C36H42ClN7O3S/c1-7-46-35(45)31(47-36(3,4)5)27-20(2)16-25-32(28(27)21-8-10-23(37)11-9-21)48-34(41-25)26-19-39-33-30(40-26)29(42-43(33)6)22-12-14-44(15-13-22)24-17-38-18-24/h8-11,16,19,22,24,31,38H,7,12-15,17-18H2,1-6H3/t31-/m0/s1.